The Morgan fingerprint density at radius 3 is 2.78 bits per heavy atom. The number of nitrogens with one attached hydrogen (secondary N) is 1. The summed E-state index contributed by atoms with van der Waals surface area (Å²) in [6, 6.07) is 7.78. The Morgan fingerprint density at radius 2 is 2.11 bits per heavy atom. The van der Waals surface area contributed by atoms with Crippen LogP contribution in [0.4, 0.5) is 5.69 Å². The van der Waals surface area contributed by atoms with Crippen LogP contribution in [0, 0.1) is 11.3 Å². The number of halogens is 1. The van der Waals surface area contributed by atoms with Crippen LogP contribution in [0.2, 0.25) is 0 Å². The Labute approximate surface area is 117 Å². The third-order valence-corrected chi connectivity index (χ3v) is 2.84. The van der Waals surface area contributed by atoms with Gasteiger partial charge in [-0.3, -0.25) is 0 Å². The molecule has 0 bridgehead atoms. The standard InChI is InChI=1S/C14H19BrN2O/c1-11(2)18-6-4-3-5-17-14-8-12(10-16)7-13(15)9-14/h7-9,11,17H,3-6H2,1-2H3. The Kier molecular flexibility index (Phi) is 6.77. The summed E-state index contributed by atoms with van der Waals surface area (Å²) in [4.78, 5) is 0. The van der Waals surface area contributed by atoms with Crippen LogP contribution in [-0.4, -0.2) is 19.3 Å². The average molecular weight is 311 g/mol. The van der Waals surface area contributed by atoms with Crippen molar-refractivity contribution in [3.8, 4) is 6.07 Å². The maximum atomic E-state index is 8.86. The van der Waals surface area contributed by atoms with Gasteiger partial charge in [-0.1, -0.05) is 15.9 Å². The van der Waals surface area contributed by atoms with E-state index in [-0.39, 0.29) is 0 Å². The maximum Gasteiger partial charge on any atom is 0.0992 e. The molecule has 1 rings (SSSR count). The van der Waals surface area contributed by atoms with Crippen molar-refractivity contribution in [3.05, 3.63) is 28.2 Å². The van der Waals surface area contributed by atoms with Crippen LogP contribution in [0.3, 0.4) is 0 Å². The van der Waals surface area contributed by atoms with Gasteiger partial charge < -0.3 is 10.1 Å². The molecule has 3 nitrogen and oxygen atoms in total. The second-order valence-electron chi connectivity index (χ2n) is 4.39. The van der Waals surface area contributed by atoms with Gasteiger partial charge in [0.15, 0.2) is 0 Å². The molecule has 4 heteroatoms. The molecule has 0 spiro atoms. The molecule has 1 aromatic carbocycles. The highest BCUT2D eigenvalue weighted by molar-refractivity contribution is 9.10. The molecule has 0 heterocycles. The van der Waals surface area contributed by atoms with Gasteiger partial charge in [0.05, 0.1) is 17.7 Å². The van der Waals surface area contributed by atoms with Crippen LogP contribution >= 0.6 is 15.9 Å². The number of anilines is 1. The summed E-state index contributed by atoms with van der Waals surface area (Å²) in [5, 5.41) is 12.2. The number of unbranched alkanes of at least 4 members (excludes halogenated alkanes) is 1. The number of ether oxygens (including phenoxy) is 1. The molecule has 0 unspecified atom stereocenters. The van der Waals surface area contributed by atoms with Crippen LogP contribution in [0.25, 0.3) is 0 Å². The fourth-order valence-electron chi connectivity index (χ4n) is 1.54. The minimum Gasteiger partial charge on any atom is -0.385 e. The minimum absolute atomic E-state index is 0.307. The molecule has 0 aliphatic carbocycles. The molecule has 0 radical (unpaired) electrons. The zero-order valence-corrected chi connectivity index (χ0v) is 12.5. The number of hydrogen-bond donors (Lipinski definition) is 1. The smallest absolute Gasteiger partial charge is 0.0992 e. The van der Waals surface area contributed by atoms with E-state index >= 15 is 0 Å². The Morgan fingerprint density at radius 1 is 1.33 bits per heavy atom. The van der Waals surface area contributed by atoms with Gasteiger partial charge in [0, 0.05) is 23.3 Å². The number of benzene rings is 1. The third kappa shape index (κ3) is 6.04. The van der Waals surface area contributed by atoms with E-state index in [1.165, 1.54) is 0 Å². The van der Waals surface area contributed by atoms with E-state index in [0.717, 1.165) is 36.2 Å². The number of nitriles is 1. The lowest BCUT2D eigenvalue weighted by Gasteiger charge is -2.09. The fourth-order valence-corrected chi connectivity index (χ4v) is 2.03. The molecule has 0 saturated heterocycles. The van der Waals surface area contributed by atoms with E-state index in [1.54, 1.807) is 0 Å². The SMILES string of the molecule is CC(C)OCCCCNc1cc(Br)cc(C#N)c1. The second kappa shape index (κ2) is 8.12. The first-order valence-corrected chi connectivity index (χ1v) is 6.97. The van der Waals surface area contributed by atoms with Crippen molar-refractivity contribution in [2.24, 2.45) is 0 Å². The monoisotopic (exact) mass is 310 g/mol. The van der Waals surface area contributed by atoms with Crippen molar-refractivity contribution in [2.45, 2.75) is 32.8 Å². The van der Waals surface area contributed by atoms with Gasteiger partial charge in [0.1, 0.15) is 0 Å². The van der Waals surface area contributed by atoms with Crippen molar-refractivity contribution in [2.75, 3.05) is 18.5 Å². The number of nitrogens with zero attached hydrogens (tertiary/aromatic N) is 1. The first-order chi connectivity index (χ1) is 8.61. The van der Waals surface area contributed by atoms with Gasteiger partial charge in [0.25, 0.3) is 0 Å². The van der Waals surface area contributed by atoms with Gasteiger partial charge >= 0.3 is 0 Å². The van der Waals surface area contributed by atoms with Gasteiger partial charge in [-0.15, -0.1) is 0 Å². The van der Waals surface area contributed by atoms with Crippen LogP contribution in [0.15, 0.2) is 22.7 Å². The highest BCUT2D eigenvalue weighted by Gasteiger charge is 1.99. The van der Waals surface area contributed by atoms with Gasteiger partial charge in [-0.05, 0) is 44.9 Å². The molecule has 1 N–H and O–H groups in total. The maximum absolute atomic E-state index is 8.86. The molecule has 18 heavy (non-hydrogen) atoms. The largest absolute Gasteiger partial charge is 0.385 e. The summed E-state index contributed by atoms with van der Waals surface area (Å²) in [5.41, 5.74) is 1.64. The minimum atomic E-state index is 0.307. The predicted octanol–water partition coefficient (Wildman–Crippen LogP) is 3.94. The summed E-state index contributed by atoms with van der Waals surface area (Å²) >= 11 is 3.39. The molecule has 0 aliphatic rings. The molecule has 0 aromatic heterocycles. The summed E-state index contributed by atoms with van der Waals surface area (Å²) in [6.45, 7) is 5.79. The van der Waals surface area contributed by atoms with Crippen molar-refractivity contribution in [1.82, 2.24) is 0 Å². The van der Waals surface area contributed by atoms with Crippen molar-refractivity contribution >= 4 is 21.6 Å². The van der Waals surface area contributed by atoms with Crippen molar-refractivity contribution in [3.63, 3.8) is 0 Å². The van der Waals surface area contributed by atoms with Crippen LogP contribution < -0.4 is 5.32 Å². The van der Waals surface area contributed by atoms with Crippen LogP contribution in [0.1, 0.15) is 32.3 Å². The Hall–Kier alpha value is -1.05. The molecular formula is C14H19BrN2O. The van der Waals surface area contributed by atoms with E-state index in [2.05, 4.69) is 27.3 Å². The predicted molar refractivity (Wildman–Crippen MR) is 77.7 cm³/mol. The topological polar surface area (TPSA) is 45.0 Å². The third-order valence-electron chi connectivity index (χ3n) is 2.38. The van der Waals surface area contributed by atoms with Crippen molar-refractivity contribution in [1.29, 1.82) is 5.26 Å². The van der Waals surface area contributed by atoms with Crippen LogP contribution in [0.5, 0.6) is 0 Å². The fraction of sp³-hybridized carbons (Fsp3) is 0.500. The van der Waals surface area contributed by atoms with E-state index < -0.39 is 0 Å². The molecule has 0 amide bonds. The van der Waals surface area contributed by atoms with Crippen LogP contribution in [-0.2, 0) is 4.74 Å². The number of hydrogen-bond acceptors (Lipinski definition) is 3. The summed E-state index contributed by atoms with van der Waals surface area (Å²) < 4.78 is 6.39. The lowest BCUT2D eigenvalue weighted by atomic mass is 10.2. The Bertz CT molecular complexity index is 413. The normalized spacial score (nSPS) is 10.4. The molecule has 98 valence electrons. The molecule has 0 aliphatic heterocycles. The summed E-state index contributed by atoms with van der Waals surface area (Å²) in [7, 11) is 0. The first-order valence-electron chi connectivity index (χ1n) is 6.18. The lowest BCUT2D eigenvalue weighted by molar-refractivity contribution is 0.0765. The molecule has 0 fully saturated rings. The molecule has 1 aromatic rings. The lowest BCUT2D eigenvalue weighted by Crippen LogP contribution is -2.07. The molecular weight excluding hydrogens is 292 g/mol. The Balaban J connectivity index is 2.27. The summed E-state index contributed by atoms with van der Waals surface area (Å²) in [6.07, 6.45) is 2.41. The highest BCUT2D eigenvalue weighted by Crippen LogP contribution is 2.19. The van der Waals surface area contributed by atoms with E-state index in [9.17, 15) is 0 Å². The van der Waals surface area contributed by atoms with Gasteiger partial charge in [-0.2, -0.15) is 5.26 Å². The zero-order chi connectivity index (χ0) is 13.4. The quantitative estimate of drug-likeness (QED) is 0.776. The van der Waals surface area contributed by atoms with E-state index in [4.69, 9.17) is 10.00 Å². The van der Waals surface area contributed by atoms with E-state index in [0.29, 0.717) is 11.7 Å². The highest BCUT2D eigenvalue weighted by atomic mass is 79.9. The second-order valence-corrected chi connectivity index (χ2v) is 5.31. The summed E-state index contributed by atoms with van der Waals surface area (Å²) in [5.74, 6) is 0. The first kappa shape index (κ1) is 15.0. The number of rotatable bonds is 7. The van der Waals surface area contributed by atoms with Gasteiger partial charge in [-0.25, -0.2) is 0 Å². The van der Waals surface area contributed by atoms with E-state index in [1.807, 2.05) is 32.0 Å². The van der Waals surface area contributed by atoms with Crippen molar-refractivity contribution < 1.29 is 4.74 Å². The molecule has 0 atom stereocenters. The molecule has 0 saturated carbocycles. The zero-order valence-electron chi connectivity index (χ0n) is 10.9. The van der Waals surface area contributed by atoms with Gasteiger partial charge in [0.2, 0.25) is 0 Å². The average Bonchev–Trinajstić information content (AvgIpc) is 2.32.